The molecule has 2 unspecified atom stereocenters. The second-order valence-electron chi connectivity index (χ2n) is 5.27. The van der Waals surface area contributed by atoms with Crippen molar-refractivity contribution in [2.24, 2.45) is 5.92 Å². The van der Waals surface area contributed by atoms with Gasteiger partial charge in [-0.2, -0.15) is 0 Å². The Balaban J connectivity index is 2.15. The van der Waals surface area contributed by atoms with Crippen LogP contribution in [0.5, 0.6) is 5.75 Å². The summed E-state index contributed by atoms with van der Waals surface area (Å²) < 4.78 is 5.18. The fourth-order valence-electron chi connectivity index (χ4n) is 2.66. The minimum Gasteiger partial charge on any atom is -0.497 e. The predicted molar refractivity (Wildman–Crippen MR) is 76.1 cm³/mol. The first-order valence-corrected chi connectivity index (χ1v) is 7.11. The normalized spacial score (nSPS) is 20.4. The van der Waals surface area contributed by atoms with Gasteiger partial charge in [0.1, 0.15) is 5.75 Å². The van der Waals surface area contributed by atoms with E-state index in [0.717, 1.165) is 31.6 Å². The lowest BCUT2D eigenvalue weighted by molar-refractivity contribution is -0.136. The summed E-state index contributed by atoms with van der Waals surface area (Å²) in [6, 6.07) is 8.34. The molecule has 0 aliphatic carbocycles. The molecule has 2 atom stereocenters. The summed E-state index contributed by atoms with van der Waals surface area (Å²) >= 11 is 0. The second-order valence-corrected chi connectivity index (χ2v) is 5.27. The van der Waals surface area contributed by atoms with Gasteiger partial charge in [-0.25, -0.2) is 0 Å². The minimum atomic E-state index is 0.124. The third kappa shape index (κ3) is 2.91. The molecule has 0 radical (unpaired) electrons. The Bertz CT molecular complexity index is 427. The number of carbonyl (C=O) groups excluding carboxylic acids is 1. The monoisotopic (exact) mass is 261 g/mol. The molecule has 19 heavy (non-hydrogen) atoms. The predicted octanol–water partition coefficient (Wildman–Crippen LogP) is 3.40. The highest BCUT2D eigenvalue weighted by atomic mass is 16.5. The van der Waals surface area contributed by atoms with Gasteiger partial charge in [0, 0.05) is 12.5 Å². The van der Waals surface area contributed by atoms with Crippen molar-refractivity contribution >= 4 is 5.91 Å². The summed E-state index contributed by atoms with van der Waals surface area (Å²) in [5.41, 5.74) is 1.22. The van der Waals surface area contributed by atoms with E-state index in [-0.39, 0.29) is 12.0 Å². The van der Waals surface area contributed by atoms with Gasteiger partial charge in [-0.15, -0.1) is 0 Å². The summed E-state index contributed by atoms with van der Waals surface area (Å²) in [6.45, 7) is 4.98. The molecule has 1 aromatic rings. The maximum atomic E-state index is 12.4. The molecule has 1 amide bonds. The number of ether oxygens (including phenoxy) is 1. The van der Waals surface area contributed by atoms with Gasteiger partial charge in [-0.05, 0) is 37.0 Å². The molecule has 1 aliphatic heterocycles. The number of hydrogen-bond acceptors (Lipinski definition) is 2. The first kappa shape index (κ1) is 13.9. The van der Waals surface area contributed by atoms with E-state index in [1.165, 1.54) is 5.56 Å². The summed E-state index contributed by atoms with van der Waals surface area (Å²) in [4.78, 5) is 14.4. The maximum Gasteiger partial charge on any atom is 0.225 e. The lowest BCUT2D eigenvalue weighted by Gasteiger charge is -2.27. The third-order valence-electron chi connectivity index (χ3n) is 4.07. The zero-order valence-electron chi connectivity index (χ0n) is 12.1. The molecule has 3 heteroatoms. The SMILES string of the molecule is CCC(C)C(=O)N1CCCC1c1ccc(OC)cc1. The van der Waals surface area contributed by atoms with Crippen molar-refractivity contribution in [3.8, 4) is 5.75 Å². The molecule has 0 bridgehead atoms. The van der Waals surface area contributed by atoms with Gasteiger partial charge in [0.05, 0.1) is 13.2 Å². The Kier molecular flexibility index (Phi) is 4.46. The molecule has 2 rings (SSSR count). The second kappa shape index (κ2) is 6.09. The zero-order valence-corrected chi connectivity index (χ0v) is 12.1. The van der Waals surface area contributed by atoms with E-state index in [9.17, 15) is 4.79 Å². The number of benzene rings is 1. The van der Waals surface area contributed by atoms with Crippen LogP contribution in [0, 0.1) is 5.92 Å². The first-order valence-electron chi connectivity index (χ1n) is 7.11. The third-order valence-corrected chi connectivity index (χ3v) is 4.07. The maximum absolute atomic E-state index is 12.4. The summed E-state index contributed by atoms with van der Waals surface area (Å²) in [5.74, 6) is 1.28. The van der Waals surface area contributed by atoms with E-state index in [2.05, 4.69) is 24.0 Å². The van der Waals surface area contributed by atoms with Crippen molar-refractivity contribution in [3.05, 3.63) is 29.8 Å². The molecule has 3 nitrogen and oxygen atoms in total. The number of amides is 1. The van der Waals surface area contributed by atoms with Crippen molar-refractivity contribution in [3.63, 3.8) is 0 Å². The van der Waals surface area contributed by atoms with Gasteiger partial charge < -0.3 is 9.64 Å². The fourth-order valence-corrected chi connectivity index (χ4v) is 2.66. The van der Waals surface area contributed by atoms with E-state index >= 15 is 0 Å². The molecule has 0 saturated carbocycles. The molecule has 1 aliphatic rings. The van der Waals surface area contributed by atoms with Gasteiger partial charge in [0.25, 0.3) is 0 Å². The minimum absolute atomic E-state index is 0.124. The van der Waals surface area contributed by atoms with Crippen LogP contribution >= 0.6 is 0 Å². The standard InChI is InChI=1S/C16H23NO2/c1-4-12(2)16(18)17-11-5-6-15(17)13-7-9-14(19-3)10-8-13/h7-10,12,15H,4-6,11H2,1-3H3. The van der Waals surface area contributed by atoms with E-state index in [4.69, 9.17) is 4.74 Å². The summed E-state index contributed by atoms with van der Waals surface area (Å²) in [6.07, 6.45) is 3.07. The van der Waals surface area contributed by atoms with E-state index in [1.54, 1.807) is 7.11 Å². The lowest BCUT2D eigenvalue weighted by atomic mass is 10.0. The van der Waals surface area contributed by atoms with Crippen molar-refractivity contribution < 1.29 is 9.53 Å². The topological polar surface area (TPSA) is 29.5 Å². The number of carbonyl (C=O) groups is 1. The first-order chi connectivity index (χ1) is 9.17. The number of nitrogens with zero attached hydrogens (tertiary/aromatic N) is 1. The molecular weight excluding hydrogens is 238 g/mol. The summed E-state index contributed by atoms with van der Waals surface area (Å²) in [7, 11) is 1.67. The van der Waals surface area contributed by atoms with E-state index < -0.39 is 0 Å². The van der Waals surface area contributed by atoms with Gasteiger partial charge in [0.15, 0.2) is 0 Å². The average Bonchev–Trinajstić information content (AvgIpc) is 2.95. The van der Waals surface area contributed by atoms with Gasteiger partial charge in [0.2, 0.25) is 5.91 Å². The van der Waals surface area contributed by atoms with Crippen LogP contribution in [-0.2, 0) is 4.79 Å². The molecule has 0 aromatic heterocycles. The van der Waals surface area contributed by atoms with Crippen LogP contribution in [0.2, 0.25) is 0 Å². The smallest absolute Gasteiger partial charge is 0.225 e. The Morgan fingerprint density at radius 1 is 1.42 bits per heavy atom. The molecule has 1 saturated heterocycles. The van der Waals surface area contributed by atoms with Crippen molar-refractivity contribution in [1.82, 2.24) is 4.90 Å². The van der Waals surface area contributed by atoms with Crippen LogP contribution in [0.3, 0.4) is 0 Å². The van der Waals surface area contributed by atoms with Crippen LogP contribution in [-0.4, -0.2) is 24.5 Å². The highest BCUT2D eigenvalue weighted by Gasteiger charge is 2.31. The lowest BCUT2D eigenvalue weighted by Crippen LogP contribution is -2.34. The van der Waals surface area contributed by atoms with Crippen molar-refractivity contribution in [2.75, 3.05) is 13.7 Å². The van der Waals surface area contributed by atoms with Gasteiger partial charge >= 0.3 is 0 Å². The molecule has 0 spiro atoms. The quantitative estimate of drug-likeness (QED) is 0.831. The van der Waals surface area contributed by atoms with Crippen LogP contribution in [0.1, 0.15) is 44.7 Å². The van der Waals surface area contributed by atoms with Crippen LogP contribution in [0.15, 0.2) is 24.3 Å². The van der Waals surface area contributed by atoms with Gasteiger partial charge in [-0.1, -0.05) is 26.0 Å². The average molecular weight is 261 g/mol. The Hall–Kier alpha value is -1.51. The fraction of sp³-hybridized carbons (Fsp3) is 0.562. The van der Waals surface area contributed by atoms with Crippen molar-refractivity contribution in [2.45, 2.75) is 39.2 Å². The Labute approximate surface area is 115 Å². The molecule has 1 heterocycles. The zero-order chi connectivity index (χ0) is 13.8. The molecule has 1 aromatic carbocycles. The summed E-state index contributed by atoms with van der Waals surface area (Å²) in [5, 5.41) is 0. The molecule has 1 fully saturated rings. The number of hydrogen-bond donors (Lipinski definition) is 0. The highest BCUT2D eigenvalue weighted by molar-refractivity contribution is 5.79. The van der Waals surface area contributed by atoms with E-state index in [1.807, 2.05) is 19.1 Å². The highest BCUT2D eigenvalue weighted by Crippen LogP contribution is 2.34. The van der Waals surface area contributed by atoms with Crippen LogP contribution in [0.25, 0.3) is 0 Å². The molecule has 104 valence electrons. The Morgan fingerprint density at radius 2 is 2.11 bits per heavy atom. The van der Waals surface area contributed by atoms with Crippen molar-refractivity contribution in [1.29, 1.82) is 0 Å². The van der Waals surface area contributed by atoms with Crippen LogP contribution in [0.4, 0.5) is 0 Å². The van der Waals surface area contributed by atoms with Crippen LogP contribution < -0.4 is 4.74 Å². The van der Waals surface area contributed by atoms with Gasteiger partial charge in [-0.3, -0.25) is 4.79 Å². The molecule has 0 N–H and O–H groups in total. The van der Waals surface area contributed by atoms with E-state index in [0.29, 0.717) is 5.91 Å². The largest absolute Gasteiger partial charge is 0.497 e. The number of methoxy groups -OCH3 is 1. The molecular formula is C16H23NO2. The Morgan fingerprint density at radius 3 is 2.68 bits per heavy atom. The number of rotatable bonds is 4. The number of likely N-dealkylation sites (tertiary alicyclic amines) is 1.